The van der Waals surface area contributed by atoms with E-state index in [1.807, 2.05) is 37.3 Å². The minimum atomic E-state index is -0.803. The fraction of sp³-hybridized carbons (Fsp3) is 0.250. The van der Waals surface area contributed by atoms with Gasteiger partial charge < -0.3 is 14.4 Å². The van der Waals surface area contributed by atoms with Gasteiger partial charge >= 0.3 is 0 Å². The number of hydrogen-bond donors (Lipinski definition) is 1. The Morgan fingerprint density at radius 1 is 1.03 bits per heavy atom. The molecular formula is C24H25N3O3. The third-order valence-corrected chi connectivity index (χ3v) is 5.35. The van der Waals surface area contributed by atoms with Crippen LogP contribution in [0.25, 0.3) is 16.8 Å². The molecule has 6 heteroatoms. The molecule has 1 N–H and O–H groups in total. The fourth-order valence-electron chi connectivity index (χ4n) is 3.46. The fourth-order valence-corrected chi connectivity index (χ4v) is 3.46. The highest BCUT2D eigenvalue weighted by Gasteiger charge is 2.13. The second-order valence-electron chi connectivity index (χ2n) is 7.43. The maximum absolute atomic E-state index is 13.0. The summed E-state index contributed by atoms with van der Waals surface area (Å²) in [5, 5.41) is 15.2. The Balaban J connectivity index is 1.61. The minimum Gasteiger partial charge on any atom is -0.494 e. The molecule has 0 spiro atoms. The molecule has 0 aliphatic rings. The maximum atomic E-state index is 13.0. The van der Waals surface area contributed by atoms with Gasteiger partial charge in [-0.1, -0.05) is 24.3 Å². The van der Waals surface area contributed by atoms with E-state index in [1.54, 1.807) is 23.0 Å². The molecule has 2 aromatic heterocycles. The molecule has 2 heterocycles. The zero-order valence-corrected chi connectivity index (χ0v) is 17.4. The molecule has 0 unspecified atom stereocenters. The average molecular weight is 403 g/mol. The van der Waals surface area contributed by atoms with E-state index in [9.17, 15) is 9.90 Å². The van der Waals surface area contributed by atoms with E-state index in [-0.39, 0.29) is 12.1 Å². The molecule has 0 bridgehead atoms. The van der Waals surface area contributed by atoms with Gasteiger partial charge in [0.25, 0.3) is 5.56 Å². The minimum absolute atomic E-state index is 0.160. The number of nitrogens with zero attached hydrogens (tertiary/aromatic N) is 3. The number of rotatable bonds is 6. The van der Waals surface area contributed by atoms with Crippen LogP contribution in [0.2, 0.25) is 0 Å². The van der Waals surface area contributed by atoms with Crippen molar-refractivity contribution in [3.63, 3.8) is 0 Å². The molecule has 0 radical (unpaired) electrons. The summed E-state index contributed by atoms with van der Waals surface area (Å²) in [6.45, 7) is 6.80. The third kappa shape index (κ3) is 3.86. The van der Waals surface area contributed by atoms with Crippen LogP contribution in [0.5, 0.6) is 5.75 Å². The number of aliphatic hydroxyl groups excluding tert-OH is 1. The van der Waals surface area contributed by atoms with Crippen LogP contribution in [0.4, 0.5) is 0 Å². The highest BCUT2D eigenvalue weighted by molar-refractivity contribution is 5.66. The number of aryl methyl sites for hydroxylation is 2. The van der Waals surface area contributed by atoms with E-state index in [0.29, 0.717) is 12.1 Å². The van der Waals surface area contributed by atoms with Crippen LogP contribution in [0.1, 0.15) is 29.7 Å². The first kappa shape index (κ1) is 19.9. The van der Waals surface area contributed by atoms with Crippen LogP contribution < -0.4 is 10.3 Å². The summed E-state index contributed by atoms with van der Waals surface area (Å²) in [5.41, 5.74) is 5.14. The Kier molecular flexibility index (Phi) is 5.42. The smallest absolute Gasteiger partial charge is 0.276 e. The van der Waals surface area contributed by atoms with Crippen molar-refractivity contribution >= 4 is 5.52 Å². The van der Waals surface area contributed by atoms with Gasteiger partial charge in [-0.2, -0.15) is 5.10 Å². The Bertz CT molecular complexity index is 1240. The molecule has 2 aromatic carbocycles. The van der Waals surface area contributed by atoms with Crippen molar-refractivity contribution < 1.29 is 9.84 Å². The number of ether oxygens (including phenoxy) is 1. The van der Waals surface area contributed by atoms with E-state index in [2.05, 4.69) is 31.1 Å². The molecule has 6 nitrogen and oxygen atoms in total. The second kappa shape index (κ2) is 8.16. The summed E-state index contributed by atoms with van der Waals surface area (Å²) in [7, 11) is 0. The number of benzene rings is 2. The Labute approximate surface area is 175 Å². The van der Waals surface area contributed by atoms with E-state index >= 15 is 0 Å². The van der Waals surface area contributed by atoms with E-state index in [4.69, 9.17) is 4.74 Å². The van der Waals surface area contributed by atoms with Crippen molar-refractivity contribution in [3.8, 4) is 17.0 Å². The lowest BCUT2D eigenvalue weighted by molar-refractivity contribution is 0.155. The van der Waals surface area contributed by atoms with Crippen molar-refractivity contribution in [1.82, 2.24) is 14.2 Å². The van der Waals surface area contributed by atoms with E-state index in [0.717, 1.165) is 22.6 Å². The van der Waals surface area contributed by atoms with E-state index < -0.39 is 6.10 Å². The van der Waals surface area contributed by atoms with Gasteiger partial charge in [-0.25, -0.2) is 4.52 Å². The lowest BCUT2D eigenvalue weighted by Crippen LogP contribution is -2.24. The predicted molar refractivity (Wildman–Crippen MR) is 117 cm³/mol. The molecule has 0 fully saturated rings. The molecule has 30 heavy (non-hydrogen) atoms. The Hall–Kier alpha value is -3.38. The highest BCUT2D eigenvalue weighted by Crippen LogP contribution is 2.22. The maximum Gasteiger partial charge on any atom is 0.276 e. The van der Waals surface area contributed by atoms with Gasteiger partial charge in [-0.05, 0) is 61.7 Å². The first-order valence-electron chi connectivity index (χ1n) is 10.0. The molecule has 4 aromatic rings. The zero-order valence-electron chi connectivity index (χ0n) is 17.4. The highest BCUT2D eigenvalue weighted by atomic mass is 16.5. The Morgan fingerprint density at radius 3 is 2.50 bits per heavy atom. The quantitative estimate of drug-likeness (QED) is 0.530. The molecule has 4 rings (SSSR count). The first-order valence-corrected chi connectivity index (χ1v) is 10.0. The van der Waals surface area contributed by atoms with Crippen LogP contribution in [-0.4, -0.2) is 25.9 Å². The first-order chi connectivity index (χ1) is 14.5. The van der Waals surface area contributed by atoms with Crippen LogP contribution in [-0.2, 0) is 6.54 Å². The summed E-state index contributed by atoms with van der Waals surface area (Å²) < 4.78 is 8.54. The Morgan fingerprint density at radius 2 is 1.80 bits per heavy atom. The van der Waals surface area contributed by atoms with Crippen LogP contribution in [0.15, 0.2) is 65.7 Å². The summed E-state index contributed by atoms with van der Waals surface area (Å²) in [6, 6.07) is 15.2. The van der Waals surface area contributed by atoms with Gasteiger partial charge in [0.15, 0.2) is 0 Å². The van der Waals surface area contributed by atoms with Gasteiger partial charge in [-0.3, -0.25) is 4.79 Å². The molecule has 0 aliphatic heterocycles. The van der Waals surface area contributed by atoms with Gasteiger partial charge in [0, 0.05) is 18.0 Å². The molecular weight excluding hydrogens is 378 g/mol. The van der Waals surface area contributed by atoms with Gasteiger partial charge in [0.2, 0.25) is 0 Å². The van der Waals surface area contributed by atoms with Crippen molar-refractivity contribution in [3.05, 3.63) is 88.0 Å². The molecule has 0 amide bonds. The number of aromatic nitrogens is 3. The van der Waals surface area contributed by atoms with Crippen molar-refractivity contribution in [2.45, 2.75) is 33.4 Å². The molecule has 0 saturated heterocycles. The van der Waals surface area contributed by atoms with Crippen molar-refractivity contribution in [2.75, 3.05) is 6.61 Å². The van der Waals surface area contributed by atoms with Gasteiger partial charge in [-0.15, -0.1) is 0 Å². The lowest BCUT2D eigenvalue weighted by Gasteiger charge is -2.14. The molecule has 1 atom stereocenters. The molecule has 154 valence electrons. The average Bonchev–Trinajstić information content (AvgIpc) is 3.18. The monoisotopic (exact) mass is 403 g/mol. The van der Waals surface area contributed by atoms with E-state index in [1.165, 1.54) is 15.7 Å². The van der Waals surface area contributed by atoms with Gasteiger partial charge in [0.1, 0.15) is 11.3 Å². The summed E-state index contributed by atoms with van der Waals surface area (Å²) in [4.78, 5) is 13.0. The topological polar surface area (TPSA) is 68.8 Å². The van der Waals surface area contributed by atoms with Crippen LogP contribution in [0, 0.1) is 13.8 Å². The molecule has 0 aliphatic carbocycles. The van der Waals surface area contributed by atoms with Crippen molar-refractivity contribution in [1.29, 1.82) is 0 Å². The normalized spacial score (nSPS) is 12.3. The summed E-state index contributed by atoms with van der Waals surface area (Å²) >= 11 is 0. The summed E-state index contributed by atoms with van der Waals surface area (Å²) in [6.07, 6.45) is 2.60. The lowest BCUT2D eigenvalue weighted by atomic mass is 10.0. The third-order valence-electron chi connectivity index (χ3n) is 5.35. The largest absolute Gasteiger partial charge is 0.494 e. The zero-order chi connectivity index (χ0) is 21.3. The number of hydrogen-bond acceptors (Lipinski definition) is 4. The SMILES string of the molecule is CCOc1ccc([C@@H](O)Cn2ccn3nc(-c4ccc(C)c(C)c4)cc3c2=O)cc1. The standard InChI is InChI=1S/C24H25N3O3/c1-4-30-20-9-7-18(8-10-20)23(28)15-26-11-12-27-22(24(26)29)14-21(25-27)19-6-5-16(2)17(3)13-19/h5-14,23,28H,4,15H2,1-3H3/t23-/m0/s1. The van der Waals surface area contributed by atoms with Crippen molar-refractivity contribution in [2.24, 2.45) is 0 Å². The van der Waals surface area contributed by atoms with Crippen LogP contribution >= 0.6 is 0 Å². The number of fused-ring (bicyclic) bond motifs is 1. The van der Waals surface area contributed by atoms with Crippen LogP contribution in [0.3, 0.4) is 0 Å². The predicted octanol–water partition coefficient (Wildman–Crippen LogP) is 3.91. The molecule has 0 saturated carbocycles. The second-order valence-corrected chi connectivity index (χ2v) is 7.43. The van der Waals surface area contributed by atoms with Gasteiger partial charge in [0.05, 0.1) is 24.9 Å². The summed E-state index contributed by atoms with van der Waals surface area (Å²) in [5.74, 6) is 0.755. The number of aliphatic hydroxyl groups is 1.